The summed E-state index contributed by atoms with van der Waals surface area (Å²) in [5.41, 5.74) is 2.30. The Balaban J connectivity index is 1.90. The number of hydrogen-bond acceptors (Lipinski definition) is 3. The SMILES string of the molecule is CCn1cncc1Cn1cnc(CNCC(C)C)c1. The highest BCUT2D eigenvalue weighted by Gasteiger charge is 2.03. The average Bonchev–Trinajstić information content (AvgIpc) is 2.98. The van der Waals surface area contributed by atoms with Crippen LogP contribution in [0.5, 0.6) is 0 Å². The van der Waals surface area contributed by atoms with Crippen LogP contribution < -0.4 is 5.32 Å². The molecule has 0 spiro atoms. The van der Waals surface area contributed by atoms with Crippen molar-refractivity contribution in [2.24, 2.45) is 5.92 Å². The Hall–Kier alpha value is -1.62. The summed E-state index contributed by atoms with van der Waals surface area (Å²) in [5.74, 6) is 0.668. The van der Waals surface area contributed by atoms with Gasteiger partial charge in [-0.1, -0.05) is 13.8 Å². The first-order valence-corrected chi connectivity index (χ1v) is 6.89. The van der Waals surface area contributed by atoms with Crippen LogP contribution in [0.3, 0.4) is 0 Å². The molecule has 0 unspecified atom stereocenters. The highest BCUT2D eigenvalue weighted by molar-refractivity contribution is 5.03. The number of aryl methyl sites for hydroxylation is 1. The summed E-state index contributed by atoms with van der Waals surface area (Å²) in [5, 5.41) is 3.40. The molecule has 2 aromatic rings. The first-order valence-electron chi connectivity index (χ1n) is 6.89. The second-order valence-corrected chi connectivity index (χ2v) is 5.23. The molecule has 0 aliphatic carbocycles. The lowest BCUT2D eigenvalue weighted by atomic mass is 10.2. The molecule has 19 heavy (non-hydrogen) atoms. The number of rotatable bonds is 7. The lowest BCUT2D eigenvalue weighted by Gasteiger charge is -2.06. The molecule has 0 saturated heterocycles. The molecule has 2 heterocycles. The van der Waals surface area contributed by atoms with Crippen molar-refractivity contribution in [1.29, 1.82) is 0 Å². The molecule has 1 N–H and O–H groups in total. The normalized spacial score (nSPS) is 11.4. The first-order chi connectivity index (χ1) is 9.19. The van der Waals surface area contributed by atoms with E-state index in [-0.39, 0.29) is 0 Å². The highest BCUT2D eigenvalue weighted by Crippen LogP contribution is 2.04. The summed E-state index contributed by atoms with van der Waals surface area (Å²) in [6.07, 6.45) is 7.78. The van der Waals surface area contributed by atoms with Gasteiger partial charge < -0.3 is 14.5 Å². The third-order valence-electron chi connectivity index (χ3n) is 3.03. The van der Waals surface area contributed by atoms with E-state index >= 15 is 0 Å². The molecule has 0 aromatic carbocycles. The molecule has 0 atom stereocenters. The van der Waals surface area contributed by atoms with Crippen LogP contribution >= 0.6 is 0 Å². The molecule has 5 heteroatoms. The van der Waals surface area contributed by atoms with Gasteiger partial charge in [-0.25, -0.2) is 9.97 Å². The topological polar surface area (TPSA) is 47.7 Å². The van der Waals surface area contributed by atoms with Gasteiger partial charge in [-0.2, -0.15) is 0 Å². The van der Waals surface area contributed by atoms with Crippen LogP contribution in [0, 0.1) is 5.92 Å². The molecule has 2 aromatic heterocycles. The van der Waals surface area contributed by atoms with Crippen molar-refractivity contribution in [2.75, 3.05) is 6.54 Å². The van der Waals surface area contributed by atoms with Crippen LogP contribution in [0.2, 0.25) is 0 Å². The zero-order valence-electron chi connectivity index (χ0n) is 12.0. The molecule has 0 aliphatic rings. The van der Waals surface area contributed by atoms with Gasteiger partial charge in [0.25, 0.3) is 0 Å². The van der Waals surface area contributed by atoms with E-state index in [0.29, 0.717) is 5.92 Å². The van der Waals surface area contributed by atoms with Crippen LogP contribution in [-0.4, -0.2) is 25.6 Å². The van der Waals surface area contributed by atoms with Gasteiger partial charge in [0, 0.05) is 25.5 Å². The Kier molecular flexibility index (Phi) is 4.74. The van der Waals surface area contributed by atoms with E-state index in [9.17, 15) is 0 Å². The number of nitrogens with one attached hydrogen (secondary N) is 1. The van der Waals surface area contributed by atoms with Crippen molar-refractivity contribution in [3.05, 3.63) is 36.4 Å². The summed E-state index contributed by atoms with van der Waals surface area (Å²) >= 11 is 0. The van der Waals surface area contributed by atoms with Gasteiger partial charge in [0.05, 0.1) is 30.6 Å². The van der Waals surface area contributed by atoms with Gasteiger partial charge in [0.15, 0.2) is 0 Å². The van der Waals surface area contributed by atoms with Gasteiger partial charge in [-0.15, -0.1) is 0 Å². The zero-order chi connectivity index (χ0) is 13.7. The monoisotopic (exact) mass is 261 g/mol. The van der Waals surface area contributed by atoms with Crippen molar-refractivity contribution in [3.8, 4) is 0 Å². The standard InChI is InChI=1S/C14H23N5/c1-4-19-10-16-7-14(19)9-18-8-13(17-11-18)6-15-5-12(2)3/h7-8,10-12,15H,4-6,9H2,1-3H3. The van der Waals surface area contributed by atoms with Crippen molar-refractivity contribution < 1.29 is 0 Å². The Morgan fingerprint density at radius 1 is 1.32 bits per heavy atom. The van der Waals surface area contributed by atoms with Gasteiger partial charge >= 0.3 is 0 Å². The molecule has 0 bridgehead atoms. The smallest absolute Gasteiger partial charge is 0.0953 e. The number of aromatic nitrogens is 4. The Morgan fingerprint density at radius 3 is 2.89 bits per heavy atom. The Bertz CT molecular complexity index is 497. The summed E-state index contributed by atoms with van der Waals surface area (Å²) in [6, 6.07) is 0. The molecule has 0 aliphatic heterocycles. The van der Waals surface area contributed by atoms with E-state index in [4.69, 9.17) is 0 Å². The maximum absolute atomic E-state index is 4.42. The Morgan fingerprint density at radius 2 is 2.16 bits per heavy atom. The third-order valence-corrected chi connectivity index (χ3v) is 3.03. The molecule has 0 radical (unpaired) electrons. The highest BCUT2D eigenvalue weighted by atomic mass is 15.1. The summed E-state index contributed by atoms with van der Waals surface area (Å²) in [7, 11) is 0. The molecule has 104 valence electrons. The molecule has 2 rings (SSSR count). The minimum Gasteiger partial charge on any atom is -0.333 e. The summed E-state index contributed by atoms with van der Waals surface area (Å²) < 4.78 is 4.26. The van der Waals surface area contributed by atoms with E-state index in [1.165, 1.54) is 5.69 Å². The average molecular weight is 261 g/mol. The van der Waals surface area contributed by atoms with Crippen LogP contribution in [-0.2, 0) is 19.6 Å². The fourth-order valence-electron chi connectivity index (χ4n) is 2.02. The van der Waals surface area contributed by atoms with Crippen LogP contribution in [0.1, 0.15) is 32.2 Å². The van der Waals surface area contributed by atoms with Crippen molar-refractivity contribution >= 4 is 0 Å². The van der Waals surface area contributed by atoms with E-state index in [0.717, 1.165) is 31.9 Å². The van der Waals surface area contributed by atoms with Crippen molar-refractivity contribution in [2.45, 2.75) is 40.4 Å². The maximum atomic E-state index is 4.42. The van der Waals surface area contributed by atoms with Gasteiger partial charge in [-0.3, -0.25) is 0 Å². The minimum atomic E-state index is 0.668. The maximum Gasteiger partial charge on any atom is 0.0953 e. The molecule has 5 nitrogen and oxygen atoms in total. The van der Waals surface area contributed by atoms with Crippen molar-refractivity contribution in [1.82, 2.24) is 24.4 Å². The largest absolute Gasteiger partial charge is 0.333 e. The number of hydrogen-bond donors (Lipinski definition) is 1. The summed E-state index contributed by atoms with van der Waals surface area (Å²) in [4.78, 5) is 8.60. The fraction of sp³-hybridized carbons (Fsp3) is 0.571. The van der Waals surface area contributed by atoms with Gasteiger partial charge in [0.2, 0.25) is 0 Å². The summed E-state index contributed by atoms with van der Waals surface area (Å²) in [6.45, 7) is 10.2. The van der Waals surface area contributed by atoms with Crippen LogP contribution in [0.25, 0.3) is 0 Å². The Labute approximate surface area is 114 Å². The second-order valence-electron chi connectivity index (χ2n) is 5.23. The third kappa shape index (κ3) is 3.92. The van der Waals surface area contributed by atoms with E-state index < -0.39 is 0 Å². The molecule has 0 fully saturated rings. The minimum absolute atomic E-state index is 0.668. The predicted molar refractivity (Wildman–Crippen MR) is 75.8 cm³/mol. The number of imidazole rings is 2. The van der Waals surface area contributed by atoms with Crippen LogP contribution in [0.15, 0.2) is 25.0 Å². The lowest BCUT2D eigenvalue weighted by Crippen LogP contribution is -2.19. The zero-order valence-corrected chi connectivity index (χ0v) is 12.0. The molecular weight excluding hydrogens is 238 g/mol. The van der Waals surface area contributed by atoms with Crippen molar-refractivity contribution in [3.63, 3.8) is 0 Å². The lowest BCUT2D eigenvalue weighted by molar-refractivity contribution is 0.548. The fourth-order valence-corrected chi connectivity index (χ4v) is 2.02. The molecule has 0 amide bonds. The van der Waals surface area contributed by atoms with Gasteiger partial charge in [0.1, 0.15) is 0 Å². The molecular formula is C14H23N5. The van der Waals surface area contributed by atoms with Gasteiger partial charge in [-0.05, 0) is 19.4 Å². The van der Waals surface area contributed by atoms with E-state index in [2.05, 4.69) is 51.4 Å². The van der Waals surface area contributed by atoms with Crippen LogP contribution in [0.4, 0.5) is 0 Å². The van der Waals surface area contributed by atoms with E-state index in [1.54, 1.807) is 0 Å². The predicted octanol–water partition coefficient (Wildman–Crippen LogP) is 1.89. The second kappa shape index (κ2) is 6.52. The quantitative estimate of drug-likeness (QED) is 0.828. The molecule has 0 saturated carbocycles. The number of nitrogens with zero attached hydrogens (tertiary/aromatic N) is 4. The van der Waals surface area contributed by atoms with E-state index in [1.807, 2.05) is 18.9 Å². The first kappa shape index (κ1) is 13.8.